The van der Waals surface area contributed by atoms with Crippen molar-refractivity contribution >= 4 is 65.7 Å². The lowest BCUT2D eigenvalue weighted by atomic mass is 10.1. The summed E-state index contributed by atoms with van der Waals surface area (Å²) in [4.78, 5) is 31.2. The van der Waals surface area contributed by atoms with Gasteiger partial charge in [-0.2, -0.15) is 8.42 Å². The van der Waals surface area contributed by atoms with Crippen LogP contribution in [-0.4, -0.2) is 38.7 Å². The number of benzene rings is 2. The molecule has 0 unspecified atom stereocenters. The number of pyridine rings is 1. The Bertz CT molecular complexity index is 1800. The molecule has 2 heterocycles. The third kappa shape index (κ3) is 4.43. The van der Waals surface area contributed by atoms with Gasteiger partial charge in [-0.25, -0.2) is 14.6 Å². The number of carboxylic acids is 1. The maximum atomic E-state index is 13.2. The molecule has 0 aliphatic carbocycles. The number of rotatable bonds is 5. The molecule has 0 aliphatic heterocycles. The molecule has 0 fully saturated rings. The van der Waals surface area contributed by atoms with Crippen molar-refractivity contribution in [2.75, 3.05) is 0 Å². The van der Waals surface area contributed by atoms with E-state index in [1.807, 2.05) is 0 Å². The molecule has 0 aliphatic rings. The topological polar surface area (TPSA) is 176 Å². The van der Waals surface area contributed by atoms with E-state index in [9.17, 15) is 27.7 Å². The van der Waals surface area contributed by atoms with Gasteiger partial charge in [0.25, 0.3) is 21.4 Å². The van der Waals surface area contributed by atoms with Crippen LogP contribution in [0.5, 0.6) is 5.88 Å². The molecule has 0 saturated heterocycles. The zero-order valence-electron chi connectivity index (χ0n) is 17.9. The second-order valence-corrected chi connectivity index (χ2v) is 9.98. The molecule has 0 saturated carbocycles. The first-order chi connectivity index (χ1) is 16.9. The van der Waals surface area contributed by atoms with Crippen molar-refractivity contribution < 1.29 is 28.0 Å². The molecule has 0 spiro atoms. The second-order valence-electron chi connectivity index (χ2n) is 7.17. The van der Waals surface area contributed by atoms with Crippen molar-refractivity contribution in [3.8, 4) is 11.6 Å². The fraction of sp³-hybridized carbons (Fsp3) is 0.0476. The number of fused-ring (bicyclic) bond motifs is 1. The second kappa shape index (κ2) is 9.13. The molecule has 0 bridgehead atoms. The van der Waals surface area contributed by atoms with Crippen LogP contribution in [0.3, 0.4) is 0 Å². The van der Waals surface area contributed by atoms with E-state index in [-0.39, 0.29) is 43.9 Å². The first-order valence-electron chi connectivity index (χ1n) is 9.61. The van der Waals surface area contributed by atoms with Crippen molar-refractivity contribution in [2.24, 2.45) is 10.2 Å². The molecule has 3 N–H and O–H groups in total. The Morgan fingerprint density at radius 2 is 1.89 bits per heavy atom. The molecule has 4 rings (SSSR count). The molecule has 0 radical (unpaired) electrons. The third-order valence-electron chi connectivity index (χ3n) is 4.97. The fourth-order valence-electron chi connectivity index (χ4n) is 3.24. The van der Waals surface area contributed by atoms with Crippen LogP contribution in [0.25, 0.3) is 20.7 Å². The van der Waals surface area contributed by atoms with Gasteiger partial charge in [-0.1, -0.05) is 22.9 Å². The molecule has 2 aromatic carbocycles. The SMILES string of the molecule is [C-]#[N+]c1c(C)c(N=Nc2nc3cc(Cl)c(S(=O)(=O)O)cc3s2)c(=O)n(-c2ccc(C(=O)O)cc2)c1O. The minimum absolute atomic E-state index is 0.0159. The van der Waals surface area contributed by atoms with Gasteiger partial charge in [0.2, 0.25) is 11.0 Å². The summed E-state index contributed by atoms with van der Waals surface area (Å²) in [6.45, 7) is 8.81. The number of carbonyl (C=O) groups is 1. The van der Waals surface area contributed by atoms with Crippen molar-refractivity contribution in [1.29, 1.82) is 0 Å². The Labute approximate surface area is 211 Å². The first-order valence-corrected chi connectivity index (χ1v) is 12.2. The molecule has 15 heteroatoms. The number of azo groups is 1. The number of nitrogens with zero attached hydrogens (tertiary/aromatic N) is 5. The maximum absolute atomic E-state index is 13.2. The lowest BCUT2D eigenvalue weighted by Gasteiger charge is -2.13. The zero-order chi connectivity index (χ0) is 26.4. The maximum Gasteiger partial charge on any atom is 0.335 e. The largest absolute Gasteiger partial charge is 0.502 e. The van der Waals surface area contributed by atoms with E-state index < -0.39 is 32.4 Å². The summed E-state index contributed by atoms with van der Waals surface area (Å²) >= 11 is 6.81. The smallest absolute Gasteiger partial charge is 0.335 e. The number of hydrogen-bond donors (Lipinski definition) is 3. The number of thiazole rings is 1. The van der Waals surface area contributed by atoms with Crippen LogP contribution in [-0.2, 0) is 10.1 Å². The average Bonchev–Trinajstić information content (AvgIpc) is 3.20. The lowest BCUT2D eigenvalue weighted by Crippen LogP contribution is -2.19. The summed E-state index contributed by atoms with van der Waals surface area (Å²) in [5, 5.41) is 27.3. The lowest BCUT2D eigenvalue weighted by molar-refractivity contribution is 0.0697. The minimum atomic E-state index is -4.57. The standard InChI is InChI=1S/C21H12ClN5O7S2/c1-9-16(23-2)18(28)27(11-5-3-10(4-6-11)20(30)31)19(29)17(9)25-26-21-24-13-7-12(22)15(36(32,33)34)8-14(13)35-21/h3-8,28H,1H3,(H,30,31)(H,32,33,34). The predicted octanol–water partition coefficient (Wildman–Crippen LogP) is 5.03. The molecule has 12 nitrogen and oxygen atoms in total. The third-order valence-corrected chi connectivity index (χ3v) is 7.19. The number of hydrogen-bond acceptors (Lipinski definition) is 9. The van der Waals surface area contributed by atoms with Crippen LogP contribution in [0.1, 0.15) is 15.9 Å². The van der Waals surface area contributed by atoms with E-state index in [2.05, 4.69) is 20.1 Å². The van der Waals surface area contributed by atoms with Gasteiger partial charge in [-0.3, -0.25) is 13.9 Å². The van der Waals surface area contributed by atoms with Gasteiger partial charge in [0.05, 0.1) is 33.1 Å². The molecular weight excluding hydrogens is 534 g/mol. The van der Waals surface area contributed by atoms with E-state index in [4.69, 9.17) is 23.3 Å². The highest BCUT2D eigenvalue weighted by Gasteiger charge is 2.21. The van der Waals surface area contributed by atoms with Gasteiger partial charge < -0.3 is 10.2 Å². The highest BCUT2D eigenvalue weighted by atomic mass is 35.5. The molecule has 0 atom stereocenters. The summed E-state index contributed by atoms with van der Waals surface area (Å²) in [6.07, 6.45) is 0. The Morgan fingerprint density at radius 3 is 2.47 bits per heavy atom. The van der Waals surface area contributed by atoms with Crippen molar-refractivity contribution in [2.45, 2.75) is 11.8 Å². The van der Waals surface area contributed by atoms with Crippen molar-refractivity contribution in [3.63, 3.8) is 0 Å². The summed E-state index contributed by atoms with van der Waals surface area (Å²) < 4.78 is 33.4. The molecule has 2 aromatic heterocycles. The van der Waals surface area contributed by atoms with Gasteiger partial charge in [0, 0.05) is 0 Å². The number of halogens is 1. The Hall–Kier alpha value is -4.16. The van der Waals surface area contributed by atoms with Gasteiger partial charge >= 0.3 is 5.97 Å². The van der Waals surface area contributed by atoms with E-state index in [1.165, 1.54) is 37.3 Å². The van der Waals surface area contributed by atoms with Crippen LogP contribution in [0, 0.1) is 13.5 Å². The monoisotopic (exact) mass is 545 g/mol. The average molecular weight is 546 g/mol. The van der Waals surface area contributed by atoms with Crippen LogP contribution in [0.4, 0.5) is 16.5 Å². The van der Waals surface area contributed by atoms with Gasteiger partial charge in [0.1, 0.15) is 10.6 Å². The van der Waals surface area contributed by atoms with Gasteiger partial charge in [-0.15, -0.1) is 10.2 Å². The van der Waals surface area contributed by atoms with E-state index in [0.717, 1.165) is 22.0 Å². The van der Waals surface area contributed by atoms with E-state index in [1.54, 1.807) is 0 Å². The highest BCUT2D eigenvalue weighted by molar-refractivity contribution is 7.86. The van der Waals surface area contributed by atoms with Crippen LogP contribution in [0.15, 0.2) is 56.3 Å². The first kappa shape index (κ1) is 24.9. The van der Waals surface area contributed by atoms with Crippen LogP contribution < -0.4 is 5.56 Å². The number of aromatic nitrogens is 2. The van der Waals surface area contributed by atoms with Crippen molar-refractivity contribution in [3.05, 3.63) is 74.3 Å². The van der Waals surface area contributed by atoms with Gasteiger partial charge in [-0.05, 0) is 48.9 Å². The number of carboxylic acid groups (broad SMARTS) is 1. The van der Waals surface area contributed by atoms with Crippen LogP contribution in [0.2, 0.25) is 5.02 Å². The Kier molecular flexibility index (Phi) is 6.33. The summed E-state index contributed by atoms with van der Waals surface area (Å²) in [6, 6.07) is 7.40. The highest BCUT2D eigenvalue weighted by Crippen LogP contribution is 2.37. The minimum Gasteiger partial charge on any atom is -0.502 e. The molecular formula is C21H12ClN5O7S2. The number of aromatic carboxylic acids is 1. The van der Waals surface area contributed by atoms with E-state index in [0.29, 0.717) is 4.70 Å². The number of aromatic hydroxyl groups is 1. The predicted molar refractivity (Wildman–Crippen MR) is 130 cm³/mol. The molecule has 4 aromatic rings. The van der Waals surface area contributed by atoms with Gasteiger partial charge in [0.15, 0.2) is 0 Å². The van der Waals surface area contributed by atoms with E-state index >= 15 is 0 Å². The Morgan fingerprint density at radius 1 is 1.22 bits per heavy atom. The summed E-state index contributed by atoms with van der Waals surface area (Å²) in [5.74, 6) is -1.83. The fourth-order valence-corrected chi connectivity index (χ4v) is 5.15. The van der Waals surface area contributed by atoms with Crippen LogP contribution >= 0.6 is 22.9 Å². The molecule has 0 amide bonds. The quantitative estimate of drug-likeness (QED) is 0.178. The summed E-state index contributed by atoms with van der Waals surface area (Å²) in [7, 11) is -4.57. The van der Waals surface area contributed by atoms with Crippen molar-refractivity contribution in [1.82, 2.24) is 9.55 Å². The summed E-state index contributed by atoms with van der Waals surface area (Å²) in [5.41, 5.74) is -1.01. The molecule has 182 valence electrons. The normalized spacial score (nSPS) is 11.7. The molecule has 36 heavy (non-hydrogen) atoms. The Balaban J connectivity index is 1.84. The zero-order valence-corrected chi connectivity index (χ0v) is 20.3.